The maximum Gasteiger partial charge on any atom is 0.135 e. The minimum absolute atomic E-state index is 0.299. The van der Waals surface area contributed by atoms with Crippen molar-refractivity contribution in [3.05, 3.63) is 17.2 Å². The zero-order valence-electron chi connectivity index (χ0n) is 10.1. The molecule has 1 saturated carbocycles. The predicted molar refractivity (Wildman–Crippen MR) is 65.8 cm³/mol. The Morgan fingerprint density at radius 3 is 2.71 bits per heavy atom. The van der Waals surface area contributed by atoms with E-state index in [0.717, 1.165) is 31.5 Å². The molecule has 0 aliphatic heterocycles. The first-order valence-corrected chi connectivity index (χ1v) is 6.47. The second-order valence-electron chi connectivity index (χ2n) is 4.69. The minimum atomic E-state index is 0.299. The SMILES string of the molecule is Cn1c(Cl)cnc1COC1CCC(CO)CC1. The Hall–Kier alpha value is -0.580. The molecule has 0 radical (unpaired) electrons. The predicted octanol–water partition coefficient (Wildman–Crippen LogP) is 2.14. The van der Waals surface area contributed by atoms with Crippen LogP contribution in [0.1, 0.15) is 31.5 Å². The van der Waals surface area contributed by atoms with E-state index in [0.29, 0.717) is 30.4 Å². The molecule has 1 aliphatic carbocycles. The van der Waals surface area contributed by atoms with E-state index < -0.39 is 0 Å². The molecule has 17 heavy (non-hydrogen) atoms. The number of aromatic nitrogens is 2. The van der Waals surface area contributed by atoms with Gasteiger partial charge in [0.15, 0.2) is 0 Å². The smallest absolute Gasteiger partial charge is 0.135 e. The third kappa shape index (κ3) is 3.21. The Kier molecular flexibility index (Phi) is 4.42. The Morgan fingerprint density at radius 2 is 2.18 bits per heavy atom. The third-order valence-corrected chi connectivity index (χ3v) is 3.88. The molecule has 1 aromatic heterocycles. The summed E-state index contributed by atoms with van der Waals surface area (Å²) in [5.41, 5.74) is 0. The van der Waals surface area contributed by atoms with E-state index in [4.69, 9.17) is 21.4 Å². The summed E-state index contributed by atoms with van der Waals surface area (Å²) in [5, 5.41) is 9.69. The van der Waals surface area contributed by atoms with Crippen molar-refractivity contribution in [3.63, 3.8) is 0 Å². The molecule has 0 atom stereocenters. The van der Waals surface area contributed by atoms with Crippen molar-refractivity contribution in [3.8, 4) is 0 Å². The first kappa shape index (κ1) is 12.9. The second kappa shape index (κ2) is 5.85. The number of imidazole rings is 1. The Bertz CT molecular complexity index is 359. The molecule has 96 valence electrons. The van der Waals surface area contributed by atoms with Crippen LogP contribution in [0.25, 0.3) is 0 Å². The van der Waals surface area contributed by atoms with Crippen LogP contribution in [0, 0.1) is 5.92 Å². The van der Waals surface area contributed by atoms with Gasteiger partial charge in [-0.05, 0) is 31.6 Å². The van der Waals surface area contributed by atoms with Gasteiger partial charge in [0.05, 0.1) is 12.3 Å². The first-order chi connectivity index (χ1) is 8.20. The summed E-state index contributed by atoms with van der Waals surface area (Å²) in [6.07, 6.45) is 6.12. The summed E-state index contributed by atoms with van der Waals surface area (Å²) in [5.74, 6) is 1.33. The fraction of sp³-hybridized carbons (Fsp3) is 0.750. The van der Waals surface area contributed by atoms with Crippen LogP contribution in [0.15, 0.2) is 6.20 Å². The van der Waals surface area contributed by atoms with Gasteiger partial charge in [-0.2, -0.15) is 0 Å². The molecule has 4 nitrogen and oxygen atoms in total. The van der Waals surface area contributed by atoms with Gasteiger partial charge in [0.25, 0.3) is 0 Å². The summed E-state index contributed by atoms with van der Waals surface area (Å²) >= 11 is 5.91. The van der Waals surface area contributed by atoms with Gasteiger partial charge in [0, 0.05) is 13.7 Å². The molecule has 5 heteroatoms. The molecule has 0 aromatic carbocycles. The second-order valence-corrected chi connectivity index (χ2v) is 5.08. The number of hydrogen-bond donors (Lipinski definition) is 1. The van der Waals surface area contributed by atoms with Crippen LogP contribution in [-0.4, -0.2) is 27.4 Å². The molecule has 2 rings (SSSR count). The highest BCUT2D eigenvalue weighted by molar-refractivity contribution is 6.29. The lowest BCUT2D eigenvalue weighted by Crippen LogP contribution is -2.23. The van der Waals surface area contributed by atoms with E-state index in [1.165, 1.54) is 0 Å². The molecule has 1 aromatic rings. The Balaban J connectivity index is 1.78. The number of hydrogen-bond acceptors (Lipinski definition) is 3. The van der Waals surface area contributed by atoms with Crippen molar-refractivity contribution in [2.45, 2.75) is 38.4 Å². The van der Waals surface area contributed by atoms with Gasteiger partial charge in [0.2, 0.25) is 0 Å². The van der Waals surface area contributed by atoms with Crippen LogP contribution >= 0.6 is 11.6 Å². The van der Waals surface area contributed by atoms with Crippen molar-refractivity contribution in [1.82, 2.24) is 9.55 Å². The summed E-state index contributed by atoms with van der Waals surface area (Å²) in [6.45, 7) is 0.819. The maximum absolute atomic E-state index is 9.06. The van der Waals surface area contributed by atoms with Crippen LogP contribution in [0.4, 0.5) is 0 Å². The number of aliphatic hydroxyl groups excluding tert-OH is 1. The van der Waals surface area contributed by atoms with Gasteiger partial charge < -0.3 is 14.4 Å². The number of aliphatic hydroxyl groups is 1. The molecule has 1 aliphatic rings. The third-order valence-electron chi connectivity index (χ3n) is 3.53. The molecule has 0 unspecified atom stereocenters. The first-order valence-electron chi connectivity index (χ1n) is 6.09. The average Bonchev–Trinajstić information content (AvgIpc) is 2.68. The van der Waals surface area contributed by atoms with Gasteiger partial charge in [0.1, 0.15) is 17.6 Å². The highest BCUT2D eigenvalue weighted by Crippen LogP contribution is 2.26. The van der Waals surface area contributed by atoms with E-state index in [2.05, 4.69) is 4.98 Å². The van der Waals surface area contributed by atoms with Crippen LogP contribution in [0.2, 0.25) is 5.15 Å². The Labute approximate surface area is 107 Å². The van der Waals surface area contributed by atoms with E-state index >= 15 is 0 Å². The molecule has 1 fully saturated rings. The fourth-order valence-corrected chi connectivity index (χ4v) is 2.38. The summed E-state index contributed by atoms with van der Waals surface area (Å²) in [6, 6.07) is 0. The van der Waals surface area contributed by atoms with E-state index in [1.54, 1.807) is 6.20 Å². The minimum Gasteiger partial charge on any atom is -0.396 e. The van der Waals surface area contributed by atoms with Gasteiger partial charge in [-0.25, -0.2) is 4.98 Å². The lowest BCUT2D eigenvalue weighted by Gasteiger charge is -2.27. The van der Waals surface area contributed by atoms with Crippen LogP contribution in [0.5, 0.6) is 0 Å². The molecule has 0 bridgehead atoms. The molecular formula is C12H19ClN2O2. The van der Waals surface area contributed by atoms with Crippen molar-refractivity contribution < 1.29 is 9.84 Å². The summed E-state index contributed by atoms with van der Waals surface area (Å²) < 4.78 is 7.67. The number of nitrogens with zero attached hydrogens (tertiary/aromatic N) is 2. The lowest BCUT2D eigenvalue weighted by atomic mass is 9.88. The van der Waals surface area contributed by atoms with Gasteiger partial charge in [-0.3, -0.25) is 0 Å². The number of ether oxygens (including phenoxy) is 1. The lowest BCUT2D eigenvalue weighted by molar-refractivity contribution is -0.00241. The van der Waals surface area contributed by atoms with Gasteiger partial charge >= 0.3 is 0 Å². The molecule has 0 saturated heterocycles. The van der Waals surface area contributed by atoms with Crippen LogP contribution in [0.3, 0.4) is 0 Å². The van der Waals surface area contributed by atoms with E-state index in [-0.39, 0.29) is 0 Å². The standard InChI is InChI=1S/C12H19ClN2O2/c1-15-11(13)6-14-12(15)8-17-10-4-2-9(7-16)3-5-10/h6,9-10,16H,2-5,7-8H2,1H3. The quantitative estimate of drug-likeness (QED) is 0.900. The Morgan fingerprint density at radius 1 is 1.47 bits per heavy atom. The van der Waals surface area contributed by atoms with Crippen molar-refractivity contribution in [1.29, 1.82) is 0 Å². The largest absolute Gasteiger partial charge is 0.396 e. The topological polar surface area (TPSA) is 47.3 Å². The van der Waals surface area contributed by atoms with Gasteiger partial charge in [-0.15, -0.1) is 0 Å². The molecule has 0 amide bonds. The van der Waals surface area contributed by atoms with Gasteiger partial charge in [-0.1, -0.05) is 11.6 Å². The van der Waals surface area contributed by atoms with Crippen molar-refractivity contribution in [2.24, 2.45) is 13.0 Å². The number of halogens is 1. The summed E-state index contributed by atoms with van der Waals surface area (Å²) in [7, 11) is 1.89. The van der Waals surface area contributed by atoms with Crippen molar-refractivity contribution >= 4 is 11.6 Å². The number of rotatable bonds is 4. The summed E-state index contributed by atoms with van der Waals surface area (Å²) in [4.78, 5) is 4.20. The normalized spacial score (nSPS) is 25.1. The van der Waals surface area contributed by atoms with Crippen LogP contribution < -0.4 is 0 Å². The molecule has 0 spiro atoms. The average molecular weight is 259 g/mol. The molecule has 1 N–H and O–H groups in total. The zero-order valence-corrected chi connectivity index (χ0v) is 10.9. The highest BCUT2D eigenvalue weighted by atomic mass is 35.5. The maximum atomic E-state index is 9.06. The zero-order chi connectivity index (χ0) is 12.3. The van der Waals surface area contributed by atoms with E-state index in [1.807, 2.05) is 11.6 Å². The monoisotopic (exact) mass is 258 g/mol. The van der Waals surface area contributed by atoms with Crippen LogP contribution in [-0.2, 0) is 18.4 Å². The fourth-order valence-electron chi connectivity index (χ4n) is 2.23. The van der Waals surface area contributed by atoms with E-state index in [9.17, 15) is 0 Å². The molecular weight excluding hydrogens is 240 g/mol. The van der Waals surface area contributed by atoms with Crippen molar-refractivity contribution in [2.75, 3.05) is 6.61 Å². The highest BCUT2D eigenvalue weighted by Gasteiger charge is 2.21. The molecule has 1 heterocycles.